The standard InChI is InChI=1S/C15H17N.ClH/c16-15(9-3-4-10-15)14-8-7-12-5-1-2-6-13(12)11-14;/h1-2,5-8,11H,3-4,9-10,16H2;1H. The second-order valence-electron chi connectivity index (χ2n) is 4.93. The average molecular weight is 248 g/mol. The third kappa shape index (κ3) is 2.18. The summed E-state index contributed by atoms with van der Waals surface area (Å²) in [7, 11) is 0. The molecule has 17 heavy (non-hydrogen) atoms. The number of nitrogens with two attached hydrogens (primary N) is 1. The van der Waals surface area contributed by atoms with E-state index in [4.69, 9.17) is 5.73 Å². The van der Waals surface area contributed by atoms with E-state index in [0.29, 0.717) is 0 Å². The summed E-state index contributed by atoms with van der Waals surface area (Å²) in [6.07, 6.45) is 4.79. The molecule has 1 nitrogen and oxygen atoms in total. The highest BCUT2D eigenvalue weighted by atomic mass is 35.5. The smallest absolute Gasteiger partial charge is 0.0409 e. The predicted octanol–water partition coefficient (Wildman–Crippen LogP) is 3.99. The van der Waals surface area contributed by atoms with Crippen molar-refractivity contribution in [3.63, 3.8) is 0 Å². The molecule has 0 unspecified atom stereocenters. The molecule has 90 valence electrons. The number of fused-ring (bicyclic) bond motifs is 1. The minimum absolute atomic E-state index is 0. The fraction of sp³-hybridized carbons (Fsp3) is 0.333. The predicted molar refractivity (Wildman–Crippen MR) is 75.5 cm³/mol. The Kier molecular flexibility index (Phi) is 3.41. The van der Waals surface area contributed by atoms with Crippen molar-refractivity contribution in [1.82, 2.24) is 0 Å². The molecular weight excluding hydrogens is 230 g/mol. The quantitative estimate of drug-likeness (QED) is 0.810. The summed E-state index contributed by atoms with van der Waals surface area (Å²) in [6, 6.07) is 15.1. The summed E-state index contributed by atoms with van der Waals surface area (Å²) in [4.78, 5) is 0. The van der Waals surface area contributed by atoms with Crippen LogP contribution in [0.2, 0.25) is 0 Å². The van der Waals surface area contributed by atoms with Crippen LogP contribution in [0, 0.1) is 0 Å². The van der Waals surface area contributed by atoms with Gasteiger partial charge in [0.2, 0.25) is 0 Å². The minimum atomic E-state index is -0.0654. The van der Waals surface area contributed by atoms with Crippen LogP contribution in [-0.2, 0) is 5.54 Å². The molecule has 0 spiro atoms. The van der Waals surface area contributed by atoms with E-state index in [0.717, 1.165) is 12.8 Å². The van der Waals surface area contributed by atoms with Gasteiger partial charge in [-0.3, -0.25) is 0 Å². The maximum Gasteiger partial charge on any atom is 0.0409 e. The van der Waals surface area contributed by atoms with Crippen LogP contribution in [0.1, 0.15) is 31.2 Å². The zero-order valence-corrected chi connectivity index (χ0v) is 10.7. The largest absolute Gasteiger partial charge is 0.321 e. The molecule has 3 rings (SSSR count). The van der Waals surface area contributed by atoms with Crippen LogP contribution in [0.15, 0.2) is 42.5 Å². The first-order valence-electron chi connectivity index (χ1n) is 6.06. The SMILES string of the molecule is Cl.NC1(c2ccc3ccccc3c2)CCCC1. The maximum atomic E-state index is 6.47. The number of halogens is 1. The van der Waals surface area contributed by atoms with Gasteiger partial charge >= 0.3 is 0 Å². The van der Waals surface area contributed by atoms with Gasteiger partial charge < -0.3 is 5.73 Å². The van der Waals surface area contributed by atoms with Crippen molar-refractivity contribution in [3.8, 4) is 0 Å². The van der Waals surface area contributed by atoms with Crippen molar-refractivity contribution in [3.05, 3.63) is 48.0 Å². The van der Waals surface area contributed by atoms with Gasteiger partial charge in [0, 0.05) is 5.54 Å². The molecule has 0 aliphatic heterocycles. The van der Waals surface area contributed by atoms with Crippen LogP contribution in [0.3, 0.4) is 0 Å². The zero-order valence-electron chi connectivity index (χ0n) is 9.86. The summed E-state index contributed by atoms with van der Waals surface area (Å²) >= 11 is 0. The third-order valence-electron chi connectivity index (χ3n) is 3.82. The molecule has 1 aliphatic rings. The van der Waals surface area contributed by atoms with Crippen LogP contribution in [0.5, 0.6) is 0 Å². The lowest BCUT2D eigenvalue weighted by Gasteiger charge is -2.24. The van der Waals surface area contributed by atoms with E-state index in [1.54, 1.807) is 0 Å². The highest BCUT2D eigenvalue weighted by Crippen LogP contribution is 2.37. The Morgan fingerprint density at radius 2 is 1.53 bits per heavy atom. The van der Waals surface area contributed by atoms with Gasteiger partial charge in [0.25, 0.3) is 0 Å². The molecular formula is C15H18ClN. The fourth-order valence-corrected chi connectivity index (χ4v) is 2.79. The molecule has 1 fully saturated rings. The first kappa shape index (κ1) is 12.4. The molecule has 1 aliphatic carbocycles. The van der Waals surface area contributed by atoms with Crippen molar-refractivity contribution in [2.75, 3.05) is 0 Å². The van der Waals surface area contributed by atoms with E-state index < -0.39 is 0 Å². The molecule has 1 saturated carbocycles. The minimum Gasteiger partial charge on any atom is -0.321 e. The second-order valence-corrected chi connectivity index (χ2v) is 4.93. The summed E-state index contributed by atoms with van der Waals surface area (Å²) in [5.41, 5.74) is 7.71. The Morgan fingerprint density at radius 1 is 0.882 bits per heavy atom. The summed E-state index contributed by atoms with van der Waals surface area (Å²) < 4.78 is 0. The van der Waals surface area contributed by atoms with Crippen LogP contribution < -0.4 is 5.73 Å². The van der Waals surface area contributed by atoms with Crippen LogP contribution >= 0.6 is 12.4 Å². The lowest BCUT2D eigenvalue weighted by atomic mass is 9.88. The van der Waals surface area contributed by atoms with E-state index in [1.165, 1.54) is 29.2 Å². The van der Waals surface area contributed by atoms with Gasteiger partial charge in [-0.1, -0.05) is 49.2 Å². The van der Waals surface area contributed by atoms with Crippen LogP contribution in [-0.4, -0.2) is 0 Å². The molecule has 0 amide bonds. The lowest BCUT2D eigenvalue weighted by Crippen LogP contribution is -2.32. The molecule has 0 aromatic heterocycles. The molecule has 2 aromatic rings. The monoisotopic (exact) mass is 247 g/mol. The fourth-order valence-electron chi connectivity index (χ4n) is 2.79. The number of benzene rings is 2. The van der Waals surface area contributed by atoms with Crippen LogP contribution in [0.4, 0.5) is 0 Å². The van der Waals surface area contributed by atoms with Crippen molar-refractivity contribution in [2.24, 2.45) is 5.73 Å². The van der Waals surface area contributed by atoms with Crippen molar-refractivity contribution < 1.29 is 0 Å². The normalized spacial score (nSPS) is 17.9. The van der Waals surface area contributed by atoms with Gasteiger partial charge in [-0.15, -0.1) is 12.4 Å². The van der Waals surface area contributed by atoms with Gasteiger partial charge in [-0.2, -0.15) is 0 Å². The van der Waals surface area contributed by atoms with Crippen molar-refractivity contribution >= 4 is 23.2 Å². The lowest BCUT2D eigenvalue weighted by molar-refractivity contribution is 0.462. The maximum absolute atomic E-state index is 6.47. The molecule has 0 saturated heterocycles. The Balaban J connectivity index is 0.00000108. The first-order chi connectivity index (χ1) is 7.78. The van der Waals surface area contributed by atoms with Crippen molar-refractivity contribution in [2.45, 2.75) is 31.2 Å². The number of hydrogen-bond acceptors (Lipinski definition) is 1. The topological polar surface area (TPSA) is 26.0 Å². The molecule has 0 radical (unpaired) electrons. The van der Waals surface area contributed by atoms with Gasteiger partial charge in [-0.05, 0) is 35.2 Å². The number of hydrogen-bond donors (Lipinski definition) is 1. The molecule has 0 bridgehead atoms. The van der Waals surface area contributed by atoms with E-state index in [2.05, 4.69) is 42.5 Å². The zero-order chi connectivity index (χ0) is 11.0. The van der Waals surface area contributed by atoms with Crippen LogP contribution in [0.25, 0.3) is 10.8 Å². The molecule has 0 heterocycles. The second kappa shape index (κ2) is 4.67. The highest BCUT2D eigenvalue weighted by molar-refractivity contribution is 5.85. The Labute approximate surface area is 108 Å². The van der Waals surface area contributed by atoms with Crippen molar-refractivity contribution in [1.29, 1.82) is 0 Å². The van der Waals surface area contributed by atoms with E-state index in [1.807, 2.05) is 0 Å². The van der Waals surface area contributed by atoms with E-state index in [-0.39, 0.29) is 17.9 Å². The molecule has 2 aromatic carbocycles. The third-order valence-corrected chi connectivity index (χ3v) is 3.82. The van der Waals surface area contributed by atoms with Gasteiger partial charge in [0.1, 0.15) is 0 Å². The Morgan fingerprint density at radius 3 is 2.24 bits per heavy atom. The highest BCUT2D eigenvalue weighted by Gasteiger charge is 2.30. The molecule has 2 heteroatoms. The van der Waals surface area contributed by atoms with Gasteiger partial charge in [0.05, 0.1) is 0 Å². The number of rotatable bonds is 1. The van der Waals surface area contributed by atoms with E-state index >= 15 is 0 Å². The average Bonchev–Trinajstić information content (AvgIpc) is 2.77. The molecule has 0 atom stereocenters. The van der Waals surface area contributed by atoms with Gasteiger partial charge in [0.15, 0.2) is 0 Å². The Hall–Kier alpha value is -1.05. The van der Waals surface area contributed by atoms with Gasteiger partial charge in [-0.25, -0.2) is 0 Å². The summed E-state index contributed by atoms with van der Waals surface area (Å²) in [5.74, 6) is 0. The first-order valence-corrected chi connectivity index (χ1v) is 6.06. The van der Waals surface area contributed by atoms with E-state index in [9.17, 15) is 0 Å². The summed E-state index contributed by atoms with van der Waals surface area (Å²) in [5, 5.41) is 2.60. The Bertz CT molecular complexity index is 515. The molecule has 2 N–H and O–H groups in total. The summed E-state index contributed by atoms with van der Waals surface area (Å²) in [6.45, 7) is 0.